The minimum Gasteiger partial charge on any atom is -0.360 e. The Balaban J connectivity index is 1.66. The van der Waals surface area contributed by atoms with E-state index in [1.807, 2.05) is 30.5 Å². The molecule has 0 fully saturated rings. The lowest BCUT2D eigenvalue weighted by Crippen LogP contribution is -2.22. The fraction of sp³-hybridized carbons (Fsp3) is 0.304. The van der Waals surface area contributed by atoms with Gasteiger partial charge in [-0.2, -0.15) is 10.2 Å². The summed E-state index contributed by atoms with van der Waals surface area (Å²) in [4.78, 5) is 17.2. The summed E-state index contributed by atoms with van der Waals surface area (Å²) in [6, 6.07) is 11.0. The monoisotopic (exact) mass is 433 g/mol. The summed E-state index contributed by atoms with van der Waals surface area (Å²) < 4.78 is 7.74. The van der Waals surface area contributed by atoms with E-state index in [1.54, 1.807) is 23.3 Å². The molecule has 0 unspecified atom stereocenters. The van der Waals surface area contributed by atoms with E-state index in [0.29, 0.717) is 19.0 Å². The van der Waals surface area contributed by atoms with Crippen LogP contribution in [0.2, 0.25) is 25.7 Å². The van der Waals surface area contributed by atoms with Crippen LogP contribution in [0.4, 0.5) is 0 Å². The number of aromatic nitrogens is 5. The van der Waals surface area contributed by atoms with Gasteiger partial charge in [0.25, 0.3) is 0 Å². The van der Waals surface area contributed by atoms with Crippen LogP contribution in [-0.2, 0) is 17.9 Å². The van der Waals surface area contributed by atoms with Crippen molar-refractivity contribution in [2.24, 2.45) is 0 Å². The highest BCUT2D eigenvalue weighted by atomic mass is 28.3. The van der Waals surface area contributed by atoms with E-state index in [0.717, 1.165) is 33.6 Å². The molecule has 7 nitrogen and oxygen atoms in total. The summed E-state index contributed by atoms with van der Waals surface area (Å²) in [6.45, 7) is 7.99. The maximum absolute atomic E-state index is 13.0. The molecule has 0 spiro atoms. The predicted octanol–water partition coefficient (Wildman–Crippen LogP) is 4.56. The Morgan fingerprint density at radius 2 is 2.03 bits per heavy atom. The van der Waals surface area contributed by atoms with Gasteiger partial charge in [-0.15, -0.1) is 0 Å². The number of carbonyl (C=O) groups is 1. The molecule has 160 valence electrons. The number of aromatic amines is 1. The number of hydrogen-bond acceptors (Lipinski definition) is 5. The topological polar surface area (TPSA) is 85.7 Å². The molecule has 3 aromatic heterocycles. The van der Waals surface area contributed by atoms with Crippen LogP contribution >= 0.6 is 0 Å². The van der Waals surface area contributed by atoms with Gasteiger partial charge in [0.2, 0.25) is 0 Å². The van der Waals surface area contributed by atoms with Crippen LogP contribution in [0.25, 0.3) is 22.0 Å². The van der Waals surface area contributed by atoms with E-state index in [4.69, 9.17) is 4.74 Å². The predicted molar refractivity (Wildman–Crippen MR) is 124 cm³/mol. The number of nitrogens with zero attached hydrogens (tertiary/aromatic N) is 4. The quantitative estimate of drug-likeness (QED) is 0.238. The van der Waals surface area contributed by atoms with Gasteiger partial charge in [-0.25, -0.2) is 4.68 Å². The number of rotatable bonds is 9. The average molecular weight is 434 g/mol. The van der Waals surface area contributed by atoms with Gasteiger partial charge in [0, 0.05) is 50.6 Å². The Bertz CT molecular complexity index is 1160. The maximum atomic E-state index is 13.0. The second-order valence-corrected chi connectivity index (χ2v) is 14.5. The van der Waals surface area contributed by atoms with Crippen molar-refractivity contribution in [2.45, 2.75) is 38.8 Å². The van der Waals surface area contributed by atoms with Crippen molar-refractivity contribution >= 4 is 24.8 Å². The lowest BCUT2D eigenvalue weighted by atomic mass is 10.0. The van der Waals surface area contributed by atoms with Crippen molar-refractivity contribution in [2.75, 3.05) is 6.61 Å². The lowest BCUT2D eigenvalue weighted by Gasteiger charge is -2.15. The van der Waals surface area contributed by atoms with Gasteiger partial charge in [0.15, 0.2) is 5.78 Å². The van der Waals surface area contributed by atoms with Gasteiger partial charge in [-0.05, 0) is 35.4 Å². The highest BCUT2D eigenvalue weighted by molar-refractivity contribution is 6.76. The Morgan fingerprint density at radius 3 is 2.74 bits per heavy atom. The number of Topliss-reactive ketones (excluding diaryl/α,β-unsaturated/α-hetero) is 1. The van der Waals surface area contributed by atoms with Crippen LogP contribution in [0.3, 0.4) is 0 Å². The lowest BCUT2D eigenvalue weighted by molar-refractivity contribution is 0.0807. The number of pyridine rings is 1. The standard InChI is InChI=1S/C23H27N5O2Si/c1-31(2,3)10-9-30-16-28-21-12-18(19-5-4-8-24-15-19)6-7-20(21)23(27-28)22(29)11-17-13-25-26-14-17/h4-8,12-15H,9-11,16H2,1-3H3,(H,25,26). The molecule has 4 aromatic rings. The molecule has 0 radical (unpaired) electrons. The third-order valence-corrected chi connectivity index (χ3v) is 6.84. The van der Waals surface area contributed by atoms with Crippen molar-refractivity contribution in [3.63, 3.8) is 0 Å². The first kappa shape index (κ1) is 21.1. The molecule has 8 heteroatoms. The van der Waals surface area contributed by atoms with Crippen LogP contribution < -0.4 is 0 Å². The molecule has 0 amide bonds. The summed E-state index contributed by atoms with van der Waals surface area (Å²) >= 11 is 0. The molecule has 3 heterocycles. The van der Waals surface area contributed by atoms with E-state index in [1.165, 1.54) is 0 Å². The number of fused-ring (bicyclic) bond motifs is 1. The van der Waals surface area contributed by atoms with Crippen LogP contribution in [-0.4, -0.2) is 45.4 Å². The average Bonchev–Trinajstić information content (AvgIpc) is 3.38. The Morgan fingerprint density at radius 1 is 1.16 bits per heavy atom. The van der Waals surface area contributed by atoms with E-state index < -0.39 is 8.07 Å². The van der Waals surface area contributed by atoms with Crippen LogP contribution in [0, 0.1) is 0 Å². The van der Waals surface area contributed by atoms with Gasteiger partial charge in [0.1, 0.15) is 12.4 Å². The van der Waals surface area contributed by atoms with Crippen LogP contribution in [0.5, 0.6) is 0 Å². The molecule has 0 aliphatic heterocycles. The summed E-state index contributed by atoms with van der Waals surface area (Å²) in [6.07, 6.45) is 7.24. The summed E-state index contributed by atoms with van der Waals surface area (Å²) in [7, 11) is -1.18. The van der Waals surface area contributed by atoms with E-state index >= 15 is 0 Å². The summed E-state index contributed by atoms with van der Waals surface area (Å²) in [5.74, 6) is -0.0404. The van der Waals surface area contributed by atoms with Crippen LogP contribution in [0.1, 0.15) is 16.1 Å². The second-order valence-electron chi connectivity index (χ2n) is 8.88. The Hall–Kier alpha value is -3.10. The number of benzene rings is 1. The van der Waals surface area contributed by atoms with E-state index in [2.05, 4.69) is 46.0 Å². The van der Waals surface area contributed by atoms with Crippen molar-refractivity contribution < 1.29 is 9.53 Å². The molecule has 0 aliphatic rings. The minimum atomic E-state index is -1.18. The van der Waals surface area contributed by atoms with Gasteiger partial charge < -0.3 is 4.74 Å². The molecular formula is C23H27N5O2Si. The van der Waals surface area contributed by atoms with Gasteiger partial charge in [0.05, 0.1) is 11.7 Å². The molecule has 0 saturated heterocycles. The Kier molecular flexibility index (Phi) is 6.10. The fourth-order valence-corrected chi connectivity index (χ4v) is 4.12. The van der Waals surface area contributed by atoms with Crippen molar-refractivity contribution in [1.82, 2.24) is 25.0 Å². The van der Waals surface area contributed by atoms with E-state index in [-0.39, 0.29) is 12.2 Å². The maximum Gasteiger partial charge on any atom is 0.188 e. The Labute approximate surface area is 182 Å². The number of carbonyl (C=O) groups excluding carboxylic acids is 1. The molecule has 0 saturated carbocycles. The van der Waals surface area contributed by atoms with Crippen molar-refractivity contribution in [3.8, 4) is 11.1 Å². The van der Waals surface area contributed by atoms with Crippen molar-refractivity contribution in [1.29, 1.82) is 0 Å². The number of H-pyrrole nitrogens is 1. The zero-order chi connectivity index (χ0) is 21.8. The highest BCUT2D eigenvalue weighted by Gasteiger charge is 2.19. The molecular weight excluding hydrogens is 406 g/mol. The first-order valence-corrected chi connectivity index (χ1v) is 14.1. The third kappa shape index (κ3) is 5.15. The highest BCUT2D eigenvalue weighted by Crippen LogP contribution is 2.27. The smallest absolute Gasteiger partial charge is 0.188 e. The molecule has 0 atom stereocenters. The largest absolute Gasteiger partial charge is 0.360 e. The first-order valence-electron chi connectivity index (χ1n) is 10.4. The molecule has 1 N–H and O–H groups in total. The number of hydrogen-bond donors (Lipinski definition) is 1. The number of ether oxygens (including phenoxy) is 1. The summed E-state index contributed by atoms with van der Waals surface area (Å²) in [5.41, 5.74) is 4.22. The SMILES string of the molecule is C[Si](C)(C)CCOCn1nc(C(=O)Cc2cn[nH]c2)c2ccc(-c3cccnc3)cc21. The zero-order valence-electron chi connectivity index (χ0n) is 18.1. The van der Waals surface area contributed by atoms with Gasteiger partial charge >= 0.3 is 0 Å². The number of ketones is 1. The van der Waals surface area contributed by atoms with Crippen molar-refractivity contribution in [3.05, 3.63) is 66.4 Å². The second kappa shape index (κ2) is 8.95. The zero-order valence-corrected chi connectivity index (χ0v) is 19.1. The van der Waals surface area contributed by atoms with Crippen LogP contribution in [0.15, 0.2) is 55.1 Å². The minimum absolute atomic E-state index is 0.0404. The van der Waals surface area contributed by atoms with E-state index in [9.17, 15) is 4.79 Å². The molecule has 1 aromatic carbocycles. The number of nitrogens with one attached hydrogen (secondary N) is 1. The van der Waals surface area contributed by atoms with Gasteiger partial charge in [-0.3, -0.25) is 14.9 Å². The molecule has 0 aliphatic carbocycles. The summed E-state index contributed by atoms with van der Waals surface area (Å²) in [5, 5.41) is 12.2. The molecule has 0 bridgehead atoms. The normalized spacial score (nSPS) is 11.8. The third-order valence-electron chi connectivity index (χ3n) is 5.14. The first-order chi connectivity index (χ1) is 14.9. The molecule has 31 heavy (non-hydrogen) atoms. The van der Waals surface area contributed by atoms with Gasteiger partial charge in [-0.1, -0.05) is 31.8 Å². The molecule has 4 rings (SSSR count). The fourth-order valence-electron chi connectivity index (χ4n) is 3.36.